The van der Waals surface area contributed by atoms with Crippen LogP contribution in [-0.4, -0.2) is 37.0 Å². The molecule has 1 aliphatic rings. The first-order valence-corrected chi connectivity index (χ1v) is 8.25. The highest BCUT2D eigenvalue weighted by atomic mass is 35.5. The summed E-state index contributed by atoms with van der Waals surface area (Å²) >= 11 is 6.10. The number of halogens is 1. The fourth-order valence-electron chi connectivity index (χ4n) is 2.93. The third-order valence-electron chi connectivity index (χ3n) is 4.30. The normalized spacial score (nSPS) is 19.4. The van der Waals surface area contributed by atoms with Gasteiger partial charge in [-0.25, -0.2) is 0 Å². The van der Waals surface area contributed by atoms with Gasteiger partial charge in [-0.1, -0.05) is 36.2 Å². The van der Waals surface area contributed by atoms with E-state index in [-0.39, 0.29) is 5.91 Å². The maximum absolute atomic E-state index is 11.9. The molecular weight excluding hydrogens is 284 g/mol. The molecule has 0 spiro atoms. The van der Waals surface area contributed by atoms with E-state index in [2.05, 4.69) is 17.3 Å². The second kappa shape index (κ2) is 8.40. The first-order valence-electron chi connectivity index (χ1n) is 7.87. The van der Waals surface area contributed by atoms with Crippen LogP contribution in [0.3, 0.4) is 0 Å². The molecule has 1 atom stereocenters. The van der Waals surface area contributed by atoms with Crippen molar-refractivity contribution in [3.05, 3.63) is 34.9 Å². The zero-order chi connectivity index (χ0) is 15.1. The predicted octanol–water partition coefficient (Wildman–Crippen LogP) is 3.26. The van der Waals surface area contributed by atoms with Crippen molar-refractivity contribution in [3.8, 4) is 0 Å². The largest absolute Gasteiger partial charge is 0.356 e. The molecule has 116 valence electrons. The number of carbonyl (C=O) groups is 1. The van der Waals surface area contributed by atoms with E-state index in [9.17, 15) is 4.79 Å². The Kier molecular flexibility index (Phi) is 6.52. The fraction of sp³-hybridized carbons (Fsp3) is 0.588. The zero-order valence-electron chi connectivity index (χ0n) is 12.8. The number of benzene rings is 1. The Morgan fingerprint density at radius 1 is 1.38 bits per heavy atom. The van der Waals surface area contributed by atoms with E-state index in [0.717, 1.165) is 23.4 Å². The van der Waals surface area contributed by atoms with Crippen LogP contribution in [0, 0.1) is 0 Å². The van der Waals surface area contributed by atoms with E-state index in [1.165, 1.54) is 25.8 Å². The van der Waals surface area contributed by atoms with Crippen LogP contribution in [-0.2, 0) is 11.2 Å². The molecule has 0 radical (unpaired) electrons. The third-order valence-corrected chi connectivity index (χ3v) is 4.67. The Morgan fingerprint density at radius 3 is 2.95 bits per heavy atom. The Labute approximate surface area is 132 Å². The average Bonchev–Trinajstić information content (AvgIpc) is 2.48. The van der Waals surface area contributed by atoms with Gasteiger partial charge in [0.25, 0.3) is 0 Å². The molecular formula is C17H25ClN2O. The Morgan fingerprint density at radius 2 is 2.19 bits per heavy atom. The monoisotopic (exact) mass is 308 g/mol. The summed E-state index contributed by atoms with van der Waals surface area (Å²) < 4.78 is 0. The van der Waals surface area contributed by atoms with Gasteiger partial charge in [0.05, 0.1) is 0 Å². The molecule has 2 rings (SSSR count). The quantitative estimate of drug-likeness (QED) is 0.875. The molecule has 0 unspecified atom stereocenters. The Hall–Kier alpha value is -1.06. The van der Waals surface area contributed by atoms with E-state index in [1.807, 2.05) is 24.3 Å². The topological polar surface area (TPSA) is 32.3 Å². The van der Waals surface area contributed by atoms with Crippen LogP contribution in [0.5, 0.6) is 0 Å². The van der Waals surface area contributed by atoms with Gasteiger partial charge in [-0.05, 0) is 50.9 Å². The number of hydrogen-bond donors (Lipinski definition) is 1. The summed E-state index contributed by atoms with van der Waals surface area (Å²) in [4.78, 5) is 14.3. The van der Waals surface area contributed by atoms with Crippen LogP contribution >= 0.6 is 11.6 Å². The van der Waals surface area contributed by atoms with Crippen molar-refractivity contribution in [3.63, 3.8) is 0 Å². The lowest BCUT2D eigenvalue weighted by molar-refractivity contribution is -0.121. The van der Waals surface area contributed by atoms with Crippen molar-refractivity contribution in [1.29, 1.82) is 0 Å². The predicted molar refractivity (Wildman–Crippen MR) is 87.7 cm³/mol. The van der Waals surface area contributed by atoms with Crippen LogP contribution in [0.4, 0.5) is 0 Å². The van der Waals surface area contributed by atoms with Gasteiger partial charge in [0.1, 0.15) is 0 Å². The van der Waals surface area contributed by atoms with E-state index in [0.29, 0.717) is 19.0 Å². The number of rotatable bonds is 6. The molecule has 1 N–H and O–H groups in total. The van der Waals surface area contributed by atoms with Gasteiger partial charge in [-0.2, -0.15) is 0 Å². The fourth-order valence-corrected chi connectivity index (χ4v) is 3.16. The lowest BCUT2D eigenvalue weighted by atomic mass is 9.98. The summed E-state index contributed by atoms with van der Waals surface area (Å²) in [5.74, 6) is 0.154. The van der Waals surface area contributed by atoms with Crippen molar-refractivity contribution in [2.75, 3.05) is 20.1 Å². The molecule has 1 saturated heterocycles. The molecule has 1 aromatic carbocycles. The standard InChI is InChI=1S/C17H25ClN2O/c1-20-13-5-4-7-15(20)9-10-17(21)19-12-11-14-6-2-3-8-16(14)18/h2-3,6,8,15H,4-5,7,9-13H2,1H3,(H,19,21)/t15-/m0/s1. The Bertz CT molecular complexity index is 464. The van der Waals surface area contributed by atoms with Crippen molar-refractivity contribution < 1.29 is 4.79 Å². The zero-order valence-corrected chi connectivity index (χ0v) is 13.5. The molecule has 1 aliphatic heterocycles. The lowest BCUT2D eigenvalue weighted by Gasteiger charge is -2.32. The molecule has 4 heteroatoms. The van der Waals surface area contributed by atoms with Gasteiger partial charge in [0.15, 0.2) is 0 Å². The van der Waals surface area contributed by atoms with E-state index >= 15 is 0 Å². The second-order valence-electron chi connectivity index (χ2n) is 5.86. The number of likely N-dealkylation sites (tertiary alicyclic amines) is 1. The van der Waals surface area contributed by atoms with Crippen LogP contribution in [0.2, 0.25) is 5.02 Å². The number of piperidine rings is 1. The summed E-state index contributed by atoms with van der Waals surface area (Å²) in [6.07, 6.45) is 6.18. The van der Waals surface area contributed by atoms with Gasteiger partial charge in [-0.3, -0.25) is 4.79 Å². The highest BCUT2D eigenvalue weighted by molar-refractivity contribution is 6.31. The molecule has 0 bridgehead atoms. The number of amides is 1. The van der Waals surface area contributed by atoms with Crippen molar-refractivity contribution in [1.82, 2.24) is 10.2 Å². The maximum atomic E-state index is 11.9. The summed E-state index contributed by atoms with van der Waals surface area (Å²) in [5, 5.41) is 3.77. The van der Waals surface area contributed by atoms with E-state index in [4.69, 9.17) is 11.6 Å². The van der Waals surface area contributed by atoms with Crippen molar-refractivity contribution in [2.45, 2.75) is 44.6 Å². The second-order valence-corrected chi connectivity index (χ2v) is 6.27. The minimum atomic E-state index is 0.154. The summed E-state index contributed by atoms with van der Waals surface area (Å²) in [5.41, 5.74) is 1.09. The number of nitrogens with one attached hydrogen (secondary N) is 1. The van der Waals surface area contributed by atoms with Crippen LogP contribution in [0.1, 0.15) is 37.7 Å². The van der Waals surface area contributed by atoms with Crippen LogP contribution < -0.4 is 5.32 Å². The number of hydrogen-bond acceptors (Lipinski definition) is 2. The van der Waals surface area contributed by atoms with E-state index < -0.39 is 0 Å². The third kappa shape index (κ3) is 5.33. The van der Waals surface area contributed by atoms with Gasteiger partial charge >= 0.3 is 0 Å². The molecule has 0 aromatic heterocycles. The lowest BCUT2D eigenvalue weighted by Crippen LogP contribution is -2.37. The van der Waals surface area contributed by atoms with Gasteiger partial charge in [-0.15, -0.1) is 0 Å². The van der Waals surface area contributed by atoms with Crippen LogP contribution in [0.25, 0.3) is 0 Å². The molecule has 0 saturated carbocycles. The van der Waals surface area contributed by atoms with Crippen molar-refractivity contribution >= 4 is 17.5 Å². The van der Waals surface area contributed by atoms with Crippen LogP contribution in [0.15, 0.2) is 24.3 Å². The minimum absolute atomic E-state index is 0.154. The molecule has 0 aliphatic carbocycles. The van der Waals surface area contributed by atoms with Crippen molar-refractivity contribution in [2.24, 2.45) is 0 Å². The maximum Gasteiger partial charge on any atom is 0.220 e. The SMILES string of the molecule is CN1CCCC[C@H]1CCC(=O)NCCc1ccccc1Cl. The number of carbonyl (C=O) groups excluding carboxylic acids is 1. The first-order chi connectivity index (χ1) is 10.2. The molecule has 3 nitrogen and oxygen atoms in total. The number of nitrogens with zero attached hydrogens (tertiary/aromatic N) is 1. The molecule has 1 fully saturated rings. The van der Waals surface area contributed by atoms with Gasteiger partial charge < -0.3 is 10.2 Å². The van der Waals surface area contributed by atoms with E-state index in [1.54, 1.807) is 0 Å². The molecule has 1 heterocycles. The molecule has 1 aromatic rings. The summed E-state index contributed by atoms with van der Waals surface area (Å²) in [7, 11) is 2.17. The highest BCUT2D eigenvalue weighted by Crippen LogP contribution is 2.19. The Balaban J connectivity index is 1.64. The minimum Gasteiger partial charge on any atom is -0.356 e. The molecule has 21 heavy (non-hydrogen) atoms. The smallest absolute Gasteiger partial charge is 0.220 e. The van der Waals surface area contributed by atoms with Gasteiger partial charge in [0.2, 0.25) is 5.91 Å². The first kappa shape index (κ1) is 16.3. The highest BCUT2D eigenvalue weighted by Gasteiger charge is 2.19. The van der Waals surface area contributed by atoms with Gasteiger partial charge in [0, 0.05) is 24.0 Å². The summed E-state index contributed by atoms with van der Waals surface area (Å²) in [6, 6.07) is 8.36. The summed E-state index contributed by atoms with van der Waals surface area (Å²) in [6.45, 7) is 1.82. The molecule has 1 amide bonds. The average molecular weight is 309 g/mol.